The van der Waals surface area contributed by atoms with Crippen LogP contribution in [-0.2, 0) is 17.8 Å². The summed E-state index contributed by atoms with van der Waals surface area (Å²) in [6, 6.07) is 8.27. The highest BCUT2D eigenvalue weighted by atomic mass is 19.1. The molecule has 2 aromatic heterocycles. The van der Waals surface area contributed by atoms with Crippen molar-refractivity contribution in [1.29, 1.82) is 0 Å². The Morgan fingerprint density at radius 2 is 2.00 bits per heavy atom. The summed E-state index contributed by atoms with van der Waals surface area (Å²) < 4.78 is 28.8. The molecule has 0 spiro atoms. The summed E-state index contributed by atoms with van der Waals surface area (Å²) in [7, 11) is 0. The van der Waals surface area contributed by atoms with Gasteiger partial charge in [-0.1, -0.05) is 12.1 Å². The van der Waals surface area contributed by atoms with Crippen molar-refractivity contribution < 1.29 is 23.5 Å². The van der Waals surface area contributed by atoms with E-state index in [0.717, 1.165) is 25.0 Å². The molecule has 0 bridgehead atoms. The Bertz CT molecular complexity index is 1280. The van der Waals surface area contributed by atoms with Crippen LogP contribution in [0.3, 0.4) is 0 Å². The van der Waals surface area contributed by atoms with E-state index in [4.69, 9.17) is 0 Å². The second-order valence-corrected chi connectivity index (χ2v) is 8.58. The number of carbonyl (C=O) groups is 2. The molecule has 1 saturated heterocycles. The Labute approximate surface area is 200 Å². The van der Waals surface area contributed by atoms with Crippen molar-refractivity contribution in [2.45, 2.75) is 31.8 Å². The van der Waals surface area contributed by atoms with Crippen molar-refractivity contribution in [3.05, 3.63) is 71.1 Å². The molecule has 8 nitrogen and oxygen atoms in total. The fraction of sp³-hybridized carbons (Fsp3) is 0.280. The standard InChI is InChI=1S/C25H23F2N5O3/c26-16-4-1-5-17(27)23(16)18-10-19(24-20(30-18)12-29-25(24)35)31-21-7-6-14(11-28-21)9-22(34)32-8-2-3-15(32)13-33/h1,4-7,10-11,15,33H,2-3,8-9,12-13H2,(H,29,35)(H,28,30,31)/t15-/m0/s1. The van der Waals surface area contributed by atoms with E-state index in [1.165, 1.54) is 12.1 Å². The molecule has 0 radical (unpaired) electrons. The smallest absolute Gasteiger partial charge is 0.255 e. The second-order valence-electron chi connectivity index (χ2n) is 8.58. The number of fused-ring (bicyclic) bond motifs is 1. The number of benzene rings is 1. The van der Waals surface area contributed by atoms with Gasteiger partial charge in [-0.2, -0.15) is 0 Å². The van der Waals surface area contributed by atoms with Crippen LogP contribution < -0.4 is 10.6 Å². The minimum atomic E-state index is -0.755. The average molecular weight is 479 g/mol. The van der Waals surface area contributed by atoms with Gasteiger partial charge in [0.15, 0.2) is 0 Å². The van der Waals surface area contributed by atoms with Gasteiger partial charge in [0, 0.05) is 12.7 Å². The van der Waals surface area contributed by atoms with E-state index in [1.54, 1.807) is 23.2 Å². The van der Waals surface area contributed by atoms with Crippen molar-refractivity contribution in [3.63, 3.8) is 0 Å². The molecule has 2 aliphatic rings. The van der Waals surface area contributed by atoms with Gasteiger partial charge in [0.05, 0.1) is 53.8 Å². The quantitative estimate of drug-likeness (QED) is 0.502. The van der Waals surface area contributed by atoms with Crippen molar-refractivity contribution in [3.8, 4) is 11.3 Å². The highest BCUT2D eigenvalue weighted by molar-refractivity contribution is 6.04. The number of nitrogens with zero attached hydrogens (tertiary/aromatic N) is 3. The third kappa shape index (κ3) is 4.44. The van der Waals surface area contributed by atoms with Gasteiger partial charge in [-0.3, -0.25) is 9.59 Å². The molecule has 0 unspecified atom stereocenters. The number of likely N-dealkylation sites (tertiary alicyclic amines) is 1. The molecule has 5 rings (SSSR count). The number of aromatic nitrogens is 2. The normalized spacial score (nSPS) is 16.8. The predicted molar refractivity (Wildman–Crippen MR) is 124 cm³/mol. The van der Waals surface area contributed by atoms with Gasteiger partial charge in [0.1, 0.15) is 17.5 Å². The number of pyridine rings is 2. The largest absolute Gasteiger partial charge is 0.394 e. The number of aliphatic hydroxyl groups is 1. The monoisotopic (exact) mass is 479 g/mol. The second kappa shape index (κ2) is 9.38. The Morgan fingerprint density at radius 1 is 1.20 bits per heavy atom. The van der Waals surface area contributed by atoms with E-state index in [2.05, 4.69) is 20.6 Å². The maximum absolute atomic E-state index is 14.4. The van der Waals surface area contributed by atoms with Crippen molar-refractivity contribution in [2.24, 2.45) is 0 Å². The van der Waals surface area contributed by atoms with Gasteiger partial charge in [0.25, 0.3) is 5.91 Å². The molecule has 0 aliphatic carbocycles. The van der Waals surface area contributed by atoms with E-state index in [0.29, 0.717) is 29.3 Å². The van der Waals surface area contributed by atoms with Crippen LogP contribution >= 0.6 is 0 Å². The third-order valence-corrected chi connectivity index (χ3v) is 6.31. The molecule has 2 amide bonds. The van der Waals surface area contributed by atoms with Gasteiger partial charge in [-0.05, 0) is 42.7 Å². The zero-order valence-electron chi connectivity index (χ0n) is 18.7. The molecule has 0 saturated carbocycles. The molecule has 10 heteroatoms. The predicted octanol–water partition coefficient (Wildman–Crippen LogP) is 2.93. The molecule has 1 aromatic carbocycles. The van der Waals surface area contributed by atoms with Gasteiger partial charge in [-0.25, -0.2) is 18.7 Å². The number of carbonyl (C=O) groups excluding carboxylic acids is 2. The Balaban J connectivity index is 1.39. The van der Waals surface area contributed by atoms with Crippen LogP contribution in [0.5, 0.6) is 0 Å². The molecule has 35 heavy (non-hydrogen) atoms. The van der Waals surface area contributed by atoms with Gasteiger partial charge >= 0.3 is 0 Å². The van der Waals surface area contributed by atoms with Crippen LogP contribution in [0.4, 0.5) is 20.3 Å². The third-order valence-electron chi connectivity index (χ3n) is 6.31. The van der Waals surface area contributed by atoms with E-state index in [1.807, 2.05) is 0 Å². The minimum absolute atomic E-state index is 0.0462. The molecule has 3 aromatic rings. The summed E-state index contributed by atoms with van der Waals surface area (Å²) in [6.07, 6.45) is 3.39. The van der Waals surface area contributed by atoms with Crippen LogP contribution in [0.2, 0.25) is 0 Å². The Kier molecular flexibility index (Phi) is 6.12. The number of hydrogen-bond donors (Lipinski definition) is 3. The number of hydrogen-bond acceptors (Lipinski definition) is 6. The van der Waals surface area contributed by atoms with Crippen molar-refractivity contribution in [2.75, 3.05) is 18.5 Å². The summed E-state index contributed by atoms with van der Waals surface area (Å²) in [4.78, 5) is 35.4. The van der Waals surface area contributed by atoms with E-state index >= 15 is 0 Å². The molecule has 1 fully saturated rings. The average Bonchev–Trinajstić information content (AvgIpc) is 3.47. The first-order valence-corrected chi connectivity index (χ1v) is 11.3. The first kappa shape index (κ1) is 22.9. The lowest BCUT2D eigenvalue weighted by Crippen LogP contribution is -2.38. The Hall–Kier alpha value is -3.92. The molecule has 180 valence electrons. The van der Waals surface area contributed by atoms with Crippen LogP contribution in [0.15, 0.2) is 42.6 Å². The van der Waals surface area contributed by atoms with Gasteiger partial charge in [-0.15, -0.1) is 0 Å². The zero-order chi connectivity index (χ0) is 24.5. The maximum Gasteiger partial charge on any atom is 0.255 e. The number of amides is 2. The highest BCUT2D eigenvalue weighted by Gasteiger charge is 2.29. The summed E-state index contributed by atoms with van der Waals surface area (Å²) in [5.41, 5.74) is 1.48. The number of nitrogens with one attached hydrogen (secondary N) is 2. The van der Waals surface area contributed by atoms with Crippen molar-refractivity contribution >= 4 is 23.3 Å². The van der Waals surface area contributed by atoms with Crippen LogP contribution in [0.1, 0.15) is 34.5 Å². The lowest BCUT2D eigenvalue weighted by atomic mass is 10.1. The van der Waals surface area contributed by atoms with Gasteiger partial charge in [0.2, 0.25) is 5.91 Å². The van der Waals surface area contributed by atoms with E-state index in [9.17, 15) is 23.5 Å². The molecule has 2 aliphatic heterocycles. The molecule has 3 N–H and O–H groups in total. The minimum Gasteiger partial charge on any atom is -0.394 e. The first-order chi connectivity index (χ1) is 16.9. The van der Waals surface area contributed by atoms with E-state index in [-0.39, 0.29) is 54.2 Å². The number of halogens is 2. The molecular weight excluding hydrogens is 456 g/mol. The fourth-order valence-corrected chi connectivity index (χ4v) is 4.57. The van der Waals surface area contributed by atoms with Gasteiger partial charge < -0.3 is 20.6 Å². The van der Waals surface area contributed by atoms with Crippen LogP contribution in [0.25, 0.3) is 11.3 Å². The number of rotatable bonds is 6. The summed E-state index contributed by atoms with van der Waals surface area (Å²) >= 11 is 0. The first-order valence-electron chi connectivity index (χ1n) is 11.3. The number of anilines is 2. The molecular formula is C25H23F2N5O3. The zero-order valence-corrected chi connectivity index (χ0v) is 18.7. The summed E-state index contributed by atoms with van der Waals surface area (Å²) in [5, 5.41) is 15.2. The molecule has 4 heterocycles. The van der Waals surface area contributed by atoms with Crippen LogP contribution in [0, 0.1) is 11.6 Å². The van der Waals surface area contributed by atoms with Crippen LogP contribution in [-0.4, -0.2) is 51.0 Å². The lowest BCUT2D eigenvalue weighted by Gasteiger charge is -2.23. The maximum atomic E-state index is 14.4. The van der Waals surface area contributed by atoms with E-state index < -0.39 is 11.6 Å². The SMILES string of the molecule is O=C1NCc2nc(-c3c(F)cccc3F)cc(Nc3ccc(CC(=O)N4CCC[C@H]4CO)cn3)c21. The summed E-state index contributed by atoms with van der Waals surface area (Å²) in [6.45, 7) is 0.735. The highest BCUT2D eigenvalue weighted by Crippen LogP contribution is 2.33. The lowest BCUT2D eigenvalue weighted by molar-refractivity contribution is -0.132. The van der Waals surface area contributed by atoms with Crippen molar-refractivity contribution in [1.82, 2.24) is 20.2 Å². The Morgan fingerprint density at radius 3 is 2.71 bits per heavy atom. The fourth-order valence-electron chi connectivity index (χ4n) is 4.57. The molecule has 1 atom stereocenters. The number of aliphatic hydroxyl groups excluding tert-OH is 1. The summed E-state index contributed by atoms with van der Waals surface area (Å²) in [5.74, 6) is -1.53. The topological polar surface area (TPSA) is 107 Å².